The zero-order valence-corrected chi connectivity index (χ0v) is 11.3. The standard InChI is InChI=1S/C15H24FN/c1-5-14(15(11(3)4)17-6-2)12-7-9-13(16)10-8-12/h7-11,14-15,17H,5-6H2,1-4H3. The number of halogens is 1. The highest BCUT2D eigenvalue weighted by atomic mass is 19.1. The van der Waals surface area contributed by atoms with Gasteiger partial charge in [0.1, 0.15) is 5.82 Å². The van der Waals surface area contributed by atoms with E-state index in [2.05, 4.69) is 33.0 Å². The van der Waals surface area contributed by atoms with Gasteiger partial charge in [0.15, 0.2) is 0 Å². The van der Waals surface area contributed by atoms with E-state index in [1.807, 2.05) is 12.1 Å². The van der Waals surface area contributed by atoms with E-state index in [1.54, 1.807) is 12.1 Å². The van der Waals surface area contributed by atoms with Gasteiger partial charge in [-0.2, -0.15) is 0 Å². The largest absolute Gasteiger partial charge is 0.313 e. The third-order valence-corrected chi connectivity index (χ3v) is 3.33. The first-order valence-corrected chi connectivity index (χ1v) is 6.59. The summed E-state index contributed by atoms with van der Waals surface area (Å²) in [5.41, 5.74) is 1.23. The van der Waals surface area contributed by atoms with Crippen LogP contribution in [0.15, 0.2) is 24.3 Å². The molecule has 2 heteroatoms. The highest BCUT2D eigenvalue weighted by Crippen LogP contribution is 2.27. The van der Waals surface area contributed by atoms with Crippen molar-refractivity contribution in [3.63, 3.8) is 0 Å². The average molecular weight is 237 g/mol. The summed E-state index contributed by atoms with van der Waals surface area (Å²) in [4.78, 5) is 0. The Morgan fingerprint density at radius 1 is 1.12 bits per heavy atom. The van der Waals surface area contributed by atoms with Crippen molar-refractivity contribution >= 4 is 0 Å². The lowest BCUT2D eigenvalue weighted by Crippen LogP contribution is -2.39. The molecule has 96 valence electrons. The van der Waals surface area contributed by atoms with Crippen molar-refractivity contribution in [2.75, 3.05) is 6.54 Å². The van der Waals surface area contributed by atoms with E-state index in [-0.39, 0.29) is 5.82 Å². The van der Waals surface area contributed by atoms with Gasteiger partial charge in [0.2, 0.25) is 0 Å². The van der Waals surface area contributed by atoms with Gasteiger partial charge in [-0.3, -0.25) is 0 Å². The van der Waals surface area contributed by atoms with Crippen molar-refractivity contribution in [1.82, 2.24) is 5.32 Å². The second-order valence-electron chi connectivity index (χ2n) is 4.89. The summed E-state index contributed by atoms with van der Waals surface area (Å²) in [5, 5.41) is 3.55. The molecule has 1 nitrogen and oxygen atoms in total. The molecule has 0 fully saturated rings. The number of nitrogens with one attached hydrogen (secondary N) is 1. The molecular formula is C15H24FN. The summed E-state index contributed by atoms with van der Waals surface area (Å²) in [7, 11) is 0. The molecule has 0 saturated carbocycles. The van der Waals surface area contributed by atoms with Crippen LogP contribution in [0, 0.1) is 11.7 Å². The van der Waals surface area contributed by atoms with E-state index in [4.69, 9.17) is 0 Å². The van der Waals surface area contributed by atoms with E-state index >= 15 is 0 Å². The Kier molecular flexibility index (Phi) is 5.63. The monoisotopic (exact) mass is 237 g/mol. The maximum absolute atomic E-state index is 12.9. The molecule has 0 saturated heterocycles. The average Bonchev–Trinajstić information content (AvgIpc) is 2.31. The summed E-state index contributed by atoms with van der Waals surface area (Å²) in [6, 6.07) is 7.39. The smallest absolute Gasteiger partial charge is 0.123 e. The van der Waals surface area contributed by atoms with Crippen LogP contribution in [0.3, 0.4) is 0 Å². The molecule has 17 heavy (non-hydrogen) atoms. The first kappa shape index (κ1) is 14.2. The fraction of sp³-hybridized carbons (Fsp3) is 0.600. The van der Waals surface area contributed by atoms with Crippen LogP contribution >= 0.6 is 0 Å². The Morgan fingerprint density at radius 3 is 2.12 bits per heavy atom. The van der Waals surface area contributed by atoms with Crippen LogP contribution in [0.5, 0.6) is 0 Å². The molecule has 0 aromatic heterocycles. The molecule has 1 rings (SSSR count). The maximum Gasteiger partial charge on any atom is 0.123 e. The van der Waals surface area contributed by atoms with Crippen molar-refractivity contribution in [2.45, 2.75) is 46.1 Å². The molecule has 0 amide bonds. The minimum Gasteiger partial charge on any atom is -0.313 e. The molecule has 0 heterocycles. The number of likely N-dealkylation sites (N-methyl/N-ethyl adjacent to an activating group) is 1. The fourth-order valence-corrected chi connectivity index (χ4v) is 2.49. The van der Waals surface area contributed by atoms with Crippen LogP contribution in [-0.4, -0.2) is 12.6 Å². The fourth-order valence-electron chi connectivity index (χ4n) is 2.49. The molecule has 0 aliphatic heterocycles. The van der Waals surface area contributed by atoms with Crippen molar-refractivity contribution in [3.8, 4) is 0 Å². The Bertz CT molecular complexity index is 318. The van der Waals surface area contributed by atoms with Gasteiger partial charge < -0.3 is 5.32 Å². The predicted molar refractivity (Wildman–Crippen MR) is 71.7 cm³/mol. The molecule has 0 radical (unpaired) electrons. The number of hydrogen-bond acceptors (Lipinski definition) is 1. The third-order valence-electron chi connectivity index (χ3n) is 3.33. The molecule has 1 N–H and O–H groups in total. The van der Waals surface area contributed by atoms with E-state index in [1.165, 1.54) is 5.56 Å². The predicted octanol–water partition coefficient (Wildman–Crippen LogP) is 3.95. The molecule has 0 aliphatic rings. The first-order valence-electron chi connectivity index (χ1n) is 6.59. The topological polar surface area (TPSA) is 12.0 Å². The second kappa shape index (κ2) is 6.75. The summed E-state index contributed by atoms with van der Waals surface area (Å²) in [6.45, 7) is 9.77. The Labute approximate surface area is 104 Å². The summed E-state index contributed by atoms with van der Waals surface area (Å²) in [5.74, 6) is 0.869. The highest BCUT2D eigenvalue weighted by Gasteiger charge is 2.23. The number of benzene rings is 1. The normalized spacial score (nSPS) is 14.9. The Hall–Kier alpha value is -0.890. The van der Waals surface area contributed by atoms with Gasteiger partial charge >= 0.3 is 0 Å². The van der Waals surface area contributed by atoms with Crippen LogP contribution in [0.4, 0.5) is 4.39 Å². The van der Waals surface area contributed by atoms with E-state index in [0.29, 0.717) is 17.9 Å². The third kappa shape index (κ3) is 3.81. The first-order chi connectivity index (χ1) is 8.10. The Balaban J connectivity index is 2.91. The zero-order chi connectivity index (χ0) is 12.8. The van der Waals surface area contributed by atoms with Crippen LogP contribution in [0.2, 0.25) is 0 Å². The molecule has 2 unspecified atom stereocenters. The maximum atomic E-state index is 12.9. The van der Waals surface area contributed by atoms with E-state index < -0.39 is 0 Å². The van der Waals surface area contributed by atoms with Crippen LogP contribution in [0.25, 0.3) is 0 Å². The SMILES string of the molecule is CCNC(C(C)C)C(CC)c1ccc(F)cc1. The lowest BCUT2D eigenvalue weighted by atomic mass is 9.83. The van der Waals surface area contributed by atoms with Crippen LogP contribution < -0.4 is 5.32 Å². The van der Waals surface area contributed by atoms with E-state index in [0.717, 1.165) is 13.0 Å². The second-order valence-corrected chi connectivity index (χ2v) is 4.89. The number of hydrogen-bond donors (Lipinski definition) is 1. The molecular weight excluding hydrogens is 213 g/mol. The van der Waals surface area contributed by atoms with Crippen molar-refractivity contribution < 1.29 is 4.39 Å². The van der Waals surface area contributed by atoms with Crippen LogP contribution in [0.1, 0.15) is 45.6 Å². The lowest BCUT2D eigenvalue weighted by molar-refractivity contribution is 0.340. The van der Waals surface area contributed by atoms with Crippen LogP contribution in [-0.2, 0) is 0 Å². The number of rotatable bonds is 6. The van der Waals surface area contributed by atoms with Gasteiger partial charge in [-0.1, -0.05) is 39.8 Å². The highest BCUT2D eigenvalue weighted by molar-refractivity contribution is 5.22. The molecule has 0 spiro atoms. The van der Waals surface area contributed by atoms with Gasteiger partial charge in [-0.05, 0) is 42.5 Å². The van der Waals surface area contributed by atoms with Crippen molar-refractivity contribution in [2.24, 2.45) is 5.92 Å². The summed E-state index contributed by atoms with van der Waals surface area (Å²) in [6.07, 6.45) is 1.07. The minimum absolute atomic E-state index is 0.159. The van der Waals surface area contributed by atoms with Crippen molar-refractivity contribution in [3.05, 3.63) is 35.6 Å². The van der Waals surface area contributed by atoms with Crippen molar-refractivity contribution in [1.29, 1.82) is 0 Å². The van der Waals surface area contributed by atoms with E-state index in [9.17, 15) is 4.39 Å². The van der Waals surface area contributed by atoms with Gasteiger partial charge in [0.25, 0.3) is 0 Å². The lowest BCUT2D eigenvalue weighted by Gasteiger charge is -2.30. The van der Waals surface area contributed by atoms with Gasteiger partial charge in [0.05, 0.1) is 0 Å². The minimum atomic E-state index is -0.159. The summed E-state index contributed by atoms with van der Waals surface area (Å²) < 4.78 is 12.9. The molecule has 0 aliphatic carbocycles. The molecule has 0 bridgehead atoms. The summed E-state index contributed by atoms with van der Waals surface area (Å²) >= 11 is 0. The molecule has 1 aromatic rings. The quantitative estimate of drug-likeness (QED) is 0.790. The zero-order valence-electron chi connectivity index (χ0n) is 11.3. The van der Waals surface area contributed by atoms with Gasteiger partial charge in [-0.25, -0.2) is 4.39 Å². The Morgan fingerprint density at radius 2 is 1.71 bits per heavy atom. The van der Waals surface area contributed by atoms with Gasteiger partial charge in [0, 0.05) is 6.04 Å². The molecule has 2 atom stereocenters. The van der Waals surface area contributed by atoms with Gasteiger partial charge in [-0.15, -0.1) is 0 Å². The molecule has 1 aromatic carbocycles.